The van der Waals surface area contributed by atoms with E-state index in [9.17, 15) is 19.5 Å². The Morgan fingerprint density at radius 1 is 1.45 bits per heavy atom. The lowest BCUT2D eigenvalue weighted by molar-refractivity contribution is -0.147. The molecule has 5 atom stereocenters. The Hall–Kier alpha value is -2.53. The summed E-state index contributed by atoms with van der Waals surface area (Å²) in [5.74, 6) is -0.789. The van der Waals surface area contributed by atoms with Gasteiger partial charge in [-0.15, -0.1) is 0 Å². The summed E-state index contributed by atoms with van der Waals surface area (Å²) >= 11 is 0. The van der Waals surface area contributed by atoms with E-state index in [-0.39, 0.29) is 17.9 Å². The largest absolute Gasteiger partial charge is 0.455 e. The quantitative estimate of drug-likeness (QED) is 0.306. The first kappa shape index (κ1) is 22.8. The molecule has 0 bridgehead atoms. The van der Waals surface area contributed by atoms with E-state index in [1.54, 1.807) is 18.2 Å². The molecule has 2 aliphatic carbocycles. The number of aliphatic hydroxyl groups is 1. The zero-order valence-corrected chi connectivity index (χ0v) is 17.6. The lowest BCUT2D eigenvalue weighted by Gasteiger charge is -2.48. The second-order valence-corrected chi connectivity index (χ2v) is 8.24. The normalized spacial score (nSPS) is 32.7. The van der Waals surface area contributed by atoms with Crippen molar-refractivity contribution >= 4 is 18.0 Å². The molecule has 2 aliphatic rings. The van der Waals surface area contributed by atoms with E-state index >= 15 is 0 Å². The number of esters is 1. The van der Waals surface area contributed by atoms with Gasteiger partial charge in [-0.05, 0) is 30.1 Å². The van der Waals surface area contributed by atoms with Crippen molar-refractivity contribution in [3.05, 3.63) is 60.3 Å². The van der Waals surface area contributed by atoms with E-state index < -0.39 is 28.9 Å². The summed E-state index contributed by atoms with van der Waals surface area (Å²) in [6.45, 7) is 11.5. The molecule has 0 aromatic heterocycles. The van der Waals surface area contributed by atoms with Crippen molar-refractivity contribution in [2.75, 3.05) is 0 Å². The molecule has 29 heavy (non-hydrogen) atoms. The van der Waals surface area contributed by atoms with Gasteiger partial charge in [-0.1, -0.05) is 65.0 Å². The third-order valence-electron chi connectivity index (χ3n) is 6.29. The number of carbonyl (C=O) groups is 3. The van der Waals surface area contributed by atoms with Crippen LogP contribution >= 0.6 is 0 Å². The standard InChI is InChI=1S/C24H30O5/c1-6-16(2)9-7-8-10-22(27)29-20-12-11-19-13-21(26)24(28,17(3)14-25)15-23(19,5)18(20)4/h7-14,16,18,20,28H,3,6,15H2,1-2,4-5H3/b9-7+,10-8+/t16-,18-,20?,23+,24+/m0/s1. The van der Waals surface area contributed by atoms with Gasteiger partial charge in [0.1, 0.15) is 12.4 Å². The zero-order chi connectivity index (χ0) is 21.8. The molecule has 0 amide bonds. The van der Waals surface area contributed by atoms with Crippen molar-refractivity contribution in [1.82, 2.24) is 0 Å². The fourth-order valence-corrected chi connectivity index (χ4v) is 3.74. The molecule has 0 fully saturated rings. The first-order chi connectivity index (χ1) is 13.6. The zero-order valence-electron chi connectivity index (χ0n) is 17.6. The van der Waals surface area contributed by atoms with E-state index in [0.29, 0.717) is 12.2 Å². The maximum Gasteiger partial charge on any atom is 0.331 e. The molecular formula is C24H30O5. The van der Waals surface area contributed by atoms with E-state index in [1.807, 2.05) is 26.0 Å². The van der Waals surface area contributed by atoms with Crippen LogP contribution in [-0.4, -0.2) is 34.9 Å². The minimum absolute atomic E-state index is 0.00921. The number of rotatable bonds is 7. The molecule has 0 saturated carbocycles. The number of ether oxygens (including phenoxy) is 1. The predicted molar refractivity (Wildman–Crippen MR) is 112 cm³/mol. The SMILES string of the molecule is C=C(C=O)[C@]1(O)C[C@@]2(C)C(=CC1=O)C=CC(OC(=O)/C=C/C=C/[C@@H](C)CC)[C@@H]2C. The van der Waals surface area contributed by atoms with Crippen molar-refractivity contribution in [3.8, 4) is 0 Å². The van der Waals surface area contributed by atoms with E-state index in [4.69, 9.17) is 4.74 Å². The molecule has 0 heterocycles. The van der Waals surface area contributed by atoms with Crippen LogP contribution in [0.5, 0.6) is 0 Å². The van der Waals surface area contributed by atoms with Crippen LogP contribution in [0.2, 0.25) is 0 Å². The predicted octanol–water partition coefficient (Wildman–Crippen LogP) is 3.65. The van der Waals surface area contributed by atoms with Crippen LogP contribution in [0.1, 0.15) is 40.5 Å². The maximum absolute atomic E-state index is 12.4. The Balaban J connectivity index is 2.18. The topological polar surface area (TPSA) is 80.7 Å². The van der Waals surface area contributed by atoms with Crippen molar-refractivity contribution in [2.45, 2.75) is 52.2 Å². The summed E-state index contributed by atoms with van der Waals surface area (Å²) in [7, 11) is 0. The van der Waals surface area contributed by atoms with E-state index in [2.05, 4.69) is 20.4 Å². The summed E-state index contributed by atoms with van der Waals surface area (Å²) in [5.41, 5.74) is -2.01. The second kappa shape index (κ2) is 8.87. The molecule has 2 rings (SSSR count). The van der Waals surface area contributed by atoms with Crippen molar-refractivity contribution in [1.29, 1.82) is 0 Å². The number of allylic oxidation sites excluding steroid dienone is 5. The Bertz CT molecular complexity index is 815. The molecule has 156 valence electrons. The molecule has 0 aromatic rings. The van der Waals surface area contributed by atoms with Gasteiger partial charge in [0.2, 0.25) is 0 Å². The highest BCUT2D eigenvalue weighted by molar-refractivity contribution is 6.05. The summed E-state index contributed by atoms with van der Waals surface area (Å²) in [5, 5.41) is 10.8. The van der Waals surface area contributed by atoms with Crippen molar-refractivity contribution in [3.63, 3.8) is 0 Å². The number of carbonyl (C=O) groups excluding carboxylic acids is 3. The monoisotopic (exact) mass is 398 g/mol. The van der Waals surface area contributed by atoms with Gasteiger partial charge in [-0.3, -0.25) is 9.59 Å². The van der Waals surface area contributed by atoms with E-state index in [1.165, 1.54) is 12.2 Å². The van der Waals surface area contributed by atoms with Gasteiger partial charge < -0.3 is 9.84 Å². The first-order valence-electron chi connectivity index (χ1n) is 9.95. The van der Waals surface area contributed by atoms with Crippen LogP contribution < -0.4 is 0 Å². The van der Waals surface area contributed by atoms with Gasteiger partial charge >= 0.3 is 5.97 Å². The highest BCUT2D eigenvalue weighted by atomic mass is 16.5. The van der Waals surface area contributed by atoms with Crippen LogP contribution in [0.4, 0.5) is 0 Å². The molecule has 1 unspecified atom stereocenters. The molecule has 1 N–H and O–H groups in total. The van der Waals surface area contributed by atoms with E-state index in [0.717, 1.165) is 12.0 Å². The Labute approximate surface area is 172 Å². The molecule has 0 spiro atoms. The highest BCUT2D eigenvalue weighted by Crippen LogP contribution is 2.51. The average Bonchev–Trinajstić information content (AvgIpc) is 2.69. The number of aldehydes is 1. The maximum atomic E-state index is 12.4. The molecule has 0 aromatic carbocycles. The molecule has 5 nitrogen and oxygen atoms in total. The Kier molecular flexibility index (Phi) is 6.96. The van der Waals surface area contributed by atoms with Gasteiger partial charge in [0, 0.05) is 23.0 Å². The molecule has 0 aliphatic heterocycles. The minimum atomic E-state index is -1.94. The lowest BCUT2D eigenvalue weighted by atomic mass is 9.57. The number of fused-ring (bicyclic) bond motifs is 1. The first-order valence-corrected chi connectivity index (χ1v) is 9.95. The van der Waals surface area contributed by atoms with Crippen LogP contribution in [0.3, 0.4) is 0 Å². The average molecular weight is 398 g/mol. The fraction of sp³-hybridized carbons (Fsp3) is 0.458. The Morgan fingerprint density at radius 2 is 2.14 bits per heavy atom. The van der Waals surface area contributed by atoms with Gasteiger partial charge in [0.15, 0.2) is 11.4 Å². The molecular weight excluding hydrogens is 368 g/mol. The van der Waals surface area contributed by atoms with Crippen LogP contribution in [0, 0.1) is 17.3 Å². The summed E-state index contributed by atoms with van der Waals surface area (Å²) < 4.78 is 5.60. The molecule has 0 saturated heterocycles. The number of hydrogen-bond donors (Lipinski definition) is 1. The third kappa shape index (κ3) is 4.56. The summed E-state index contributed by atoms with van der Waals surface area (Å²) in [6.07, 6.45) is 12.7. The summed E-state index contributed by atoms with van der Waals surface area (Å²) in [4.78, 5) is 35.8. The van der Waals surface area contributed by atoms with Crippen molar-refractivity contribution in [2.24, 2.45) is 17.3 Å². The van der Waals surface area contributed by atoms with Crippen LogP contribution in [0.25, 0.3) is 0 Å². The Morgan fingerprint density at radius 3 is 2.76 bits per heavy atom. The third-order valence-corrected chi connectivity index (χ3v) is 6.29. The van der Waals surface area contributed by atoms with Gasteiger partial charge in [-0.2, -0.15) is 0 Å². The molecule has 0 radical (unpaired) electrons. The smallest absolute Gasteiger partial charge is 0.331 e. The van der Waals surface area contributed by atoms with Crippen LogP contribution in [-0.2, 0) is 19.1 Å². The lowest BCUT2D eigenvalue weighted by Crippen LogP contribution is -2.53. The number of ketones is 1. The summed E-state index contributed by atoms with van der Waals surface area (Å²) in [6, 6.07) is 0. The minimum Gasteiger partial charge on any atom is -0.455 e. The van der Waals surface area contributed by atoms with Gasteiger partial charge in [-0.25, -0.2) is 4.79 Å². The highest BCUT2D eigenvalue weighted by Gasteiger charge is 2.53. The fourth-order valence-electron chi connectivity index (χ4n) is 3.74. The van der Waals surface area contributed by atoms with Crippen LogP contribution in [0.15, 0.2) is 60.3 Å². The number of hydrogen-bond acceptors (Lipinski definition) is 5. The molecule has 5 heteroatoms. The van der Waals surface area contributed by atoms with Crippen molar-refractivity contribution < 1.29 is 24.2 Å². The second-order valence-electron chi connectivity index (χ2n) is 8.24. The van der Waals surface area contributed by atoms with Gasteiger partial charge in [0.25, 0.3) is 0 Å². The van der Waals surface area contributed by atoms with Gasteiger partial charge in [0.05, 0.1) is 0 Å².